The monoisotopic (exact) mass is 263 g/mol. The van der Waals surface area contributed by atoms with Gasteiger partial charge in [-0.05, 0) is 44.6 Å². The zero-order valence-electron chi connectivity index (χ0n) is 11.0. The standard InChI is InChI=1S/C14H21N3O2/c15-9-7-13(17(8-9)11-3-4-11)14(19)16-10-1-5-12(18)6-2-10/h7-8,10-12,18H,1-6,15H2,(H,16,19). The number of hydrogen-bond donors (Lipinski definition) is 3. The average molecular weight is 263 g/mol. The third-order valence-electron chi connectivity index (χ3n) is 4.07. The van der Waals surface area contributed by atoms with E-state index in [0.717, 1.165) is 38.5 Å². The van der Waals surface area contributed by atoms with Gasteiger partial charge in [-0.1, -0.05) is 0 Å². The fourth-order valence-electron chi connectivity index (χ4n) is 2.82. The Morgan fingerprint density at radius 1 is 1.26 bits per heavy atom. The molecule has 0 radical (unpaired) electrons. The number of nitrogens with two attached hydrogens (primary N) is 1. The molecule has 0 aliphatic heterocycles. The molecular weight excluding hydrogens is 242 g/mol. The van der Waals surface area contributed by atoms with Gasteiger partial charge in [-0.2, -0.15) is 0 Å². The molecule has 1 aromatic rings. The highest BCUT2D eigenvalue weighted by Crippen LogP contribution is 2.37. The third kappa shape index (κ3) is 2.76. The Morgan fingerprint density at radius 3 is 2.58 bits per heavy atom. The maximum atomic E-state index is 12.3. The number of rotatable bonds is 3. The largest absolute Gasteiger partial charge is 0.397 e. The second-order valence-corrected chi connectivity index (χ2v) is 5.78. The summed E-state index contributed by atoms with van der Waals surface area (Å²) >= 11 is 0. The molecule has 0 atom stereocenters. The Balaban J connectivity index is 1.66. The Labute approximate surface area is 112 Å². The predicted molar refractivity (Wildman–Crippen MR) is 72.8 cm³/mol. The number of hydrogen-bond acceptors (Lipinski definition) is 3. The van der Waals surface area contributed by atoms with Gasteiger partial charge in [-0.15, -0.1) is 0 Å². The molecule has 2 saturated carbocycles. The SMILES string of the molecule is Nc1cc(C(=O)NC2CCC(O)CC2)n(C2CC2)c1. The van der Waals surface area contributed by atoms with Crippen LogP contribution in [0.5, 0.6) is 0 Å². The van der Waals surface area contributed by atoms with Gasteiger partial charge in [0.1, 0.15) is 5.69 Å². The number of carbonyl (C=O) groups is 1. The van der Waals surface area contributed by atoms with Crippen molar-refractivity contribution in [3.8, 4) is 0 Å². The van der Waals surface area contributed by atoms with E-state index in [-0.39, 0.29) is 18.1 Å². The van der Waals surface area contributed by atoms with E-state index >= 15 is 0 Å². The van der Waals surface area contributed by atoms with Crippen LogP contribution in [0.4, 0.5) is 5.69 Å². The first kappa shape index (κ1) is 12.5. The number of nitrogens with one attached hydrogen (secondary N) is 1. The molecule has 3 rings (SSSR count). The molecule has 0 aromatic carbocycles. The van der Waals surface area contributed by atoms with E-state index < -0.39 is 0 Å². The molecule has 2 aliphatic rings. The maximum Gasteiger partial charge on any atom is 0.268 e. The number of nitrogen functional groups attached to an aromatic ring is 1. The number of carbonyl (C=O) groups excluding carboxylic acids is 1. The Morgan fingerprint density at radius 2 is 1.95 bits per heavy atom. The molecule has 0 unspecified atom stereocenters. The van der Waals surface area contributed by atoms with Crippen LogP contribution in [0.15, 0.2) is 12.3 Å². The van der Waals surface area contributed by atoms with E-state index in [1.54, 1.807) is 6.07 Å². The van der Waals surface area contributed by atoms with Crippen molar-refractivity contribution in [2.24, 2.45) is 0 Å². The van der Waals surface area contributed by atoms with Gasteiger partial charge in [0, 0.05) is 18.3 Å². The minimum Gasteiger partial charge on any atom is -0.397 e. The summed E-state index contributed by atoms with van der Waals surface area (Å²) in [5, 5.41) is 12.5. The van der Waals surface area contributed by atoms with Crippen molar-refractivity contribution in [3.05, 3.63) is 18.0 Å². The van der Waals surface area contributed by atoms with Crippen LogP contribution in [-0.4, -0.2) is 27.7 Å². The van der Waals surface area contributed by atoms with Crippen molar-refractivity contribution in [1.82, 2.24) is 9.88 Å². The number of anilines is 1. The van der Waals surface area contributed by atoms with Crippen LogP contribution in [0.2, 0.25) is 0 Å². The van der Waals surface area contributed by atoms with Crippen LogP contribution in [0.3, 0.4) is 0 Å². The van der Waals surface area contributed by atoms with E-state index in [4.69, 9.17) is 5.73 Å². The summed E-state index contributed by atoms with van der Waals surface area (Å²) in [6.45, 7) is 0. The molecule has 0 bridgehead atoms. The molecule has 1 aromatic heterocycles. The molecule has 2 fully saturated rings. The topological polar surface area (TPSA) is 80.3 Å². The molecule has 5 heteroatoms. The quantitative estimate of drug-likeness (QED) is 0.772. The number of aromatic nitrogens is 1. The van der Waals surface area contributed by atoms with Crippen molar-refractivity contribution < 1.29 is 9.90 Å². The third-order valence-corrected chi connectivity index (χ3v) is 4.07. The van der Waals surface area contributed by atoms with Gasteiger partial charge < -0.3 is 20.7 Å². The van der Waals surface area contributed by atoms with Crippen LogP contribution in [0.25, 0.3) is 0 Å². The van der Waals surface area contributed by atoms with Gasteiger partial charge in [-0.25, -0.2) is 0 Å². The first-order chi connectivity index (χ1) is 9.13. The lowest BCUT2D eigenvalue weighted by atomic mass is 9.93. The molecule has 104 valence electrons. The lowest BCUT2D eigenvalue weighted by molar-refractivity contribution is 0.0859. The molecule has 1 heterocycles. The fourth-order valence-corrected chi connectivity index (χ4v) is 2.82. The van der Waals surface area contributed by atoms with Crippen LogP contribution in [0.1, 0.15) is 55.1 Å². The summed E-state index contributed by atoms with van der Waals surface area (Å²) in [6.07, 6.45) is 7.18. The molecule has 0 saturated heterocycles. The van der Waals surface area contributed by atoms with Gasteiger partial charge in [0.05, 0.1) is 11.8 Å². The highest BCUT2D eigenvalue weighted by Gasteiger charge is 2.29. The molecule has 19 heavy (non-hydrogen) atoms. The van der Waals surface area contributed by atoms with Crippen molar-refractivity contribution in [2.45, 2.75) is 56.7 Å². The highest BCUT2D eigenvalue weighted by molar-refractivity contribution is 5.94. The number of nitrogens with zero attached hydrogens (tertiary/aromatic N) is 1. The van der Waals surface area contributed by atoms with E-state index in [0.29, 0.717) is 17.4 Å². The zero-order chi connectivity index (χ0) is 13.4. The Hall–Kier alpha value is -1.49. The molecule has 1 amide bonds. The van der Waals surface area contributed by atoms with Gasteiger partial charge in [0.15, 0.2) is 0 Å². The molecular formula is C14H21N3O2. The minimum absolute atomic E-state index is 0.0370. The van der Waals surface area contributed by atoms with E-state index in [1.165, 1.54) is 0 Å². The molecule has 4 N–H and O–H groups in total. The van der Waals surface area contributed by atoms with Gasteiger partial charge in [0.2, 0.25) is 0 Å². The Kier molecular flexibility index (Phi) is 3.22. The molecule has 5 nitrogen and oxygen atoms in total. The van der Waals surface area contributed by atoms with E-state index in [1.807, 2.05) is 10.8 Å². The number of aliphatic hydroxyl groups excluding tert-OH is 1. The van der Waals surface area contributed by atoms with Gasteiger partial charge >= 0.3 is 0 Å². The zero-order valence-corrected chi connectivity index (χ0v) is 11.0. The normalized spacial score (nSPS) is 27.2. The summed E-state index contributed by atoms with van der Waals surface area (Å²) < 4.78 is 2.00. The van der Waals surface area contributed by atoms with Gasteiger partial charge in [0.25, 0.3) is 5.91 Å². The van der Waals surface area contributed by atoms with Gasteiger partial charge in [-0.3, -0.25) is 4.79 Å². The summed E-state index contributed by atoms with van der Waals surface area (Å²) in [5.74, 6) is -0.0370. The molecule has 2 aliphatic carbocycles. The number of amides is 1. The second kappa shape index (κ2) is 4.89. The van der Waals surface area contributed by atoms with Crippen LogP contribution < -0.4 is 11.1 Å². The minimum atomic E-state index is -0.195. The Bertz CT molecular complexity index is 471. The first-order valence-corrected chi connectivity index (χ1v) is 7.10. The second-order valence-electron chi connectivity index (χ2n) is 5.78. The maximum absolute atomic E-state index is 12.3. The summed E-state index contributed by atoms with van der Waals surface area (Å²) in [6, 6.07) is 2.39. The molecule has 0 spiro atoms. The smallest absolute Gasteiger partial charge is 0.268 e. The predicted octanol–water partition coefficient (Wildman–Crippen LogP) is 1.44. The van der Waals surface area contributed by atoms with Crippen molar-refractivity contribution in [3.63, 3.8) is 0 Å². The average Bonchev–Trinajstić information content (AvgIpc) is 3.15. The van der Waals surface area contributed by atoms with Crippen LogP contribution in [0, 0.1) is 0 Å². The van der Waals surface area contributed by atoms with Crippen molar-refractivity contribution in [2.75, 3.05) is 5.73 Å². The highest BCUT2D eigenvalue weighted by atomic mass is 16.3. The van der Waals surface area contributed by atoms with E-state index in [9.17, 15) is 9.90 Å². The van der Waals surface area contributed by atoms with E-state index in [2.05, 4.69) is 5.32 Å². The van der Waals surface area contributed by atoms with Crippen molar-refractivity contribution in [1.29, 1.82) is 0 Å². The first-order valence-electron chi connectivity index (χ1n) is 7.10. The van der Waals surface area contributed by atoms with Crippen molar-refractivity contribution >= 4 is 11.6 Å². The lowest BCUT2D eigenvalue weighted by Gasteiger charge is -2.26. The summed E-state index contributed by atoms with van der Waals surface area (Å²) in [7, 11) is 0. The summed E-state index contributed by atoms with van der Waals surface area (Å²) in [5.41, 5.74) is 7.12. The summed E-state index contributed by atoms with van der Waals surface area (Å²) in [4.78, 5) is 12.3. The van der Waals surface area contributed by atoms with Crippen LogP contribution >= 0.6 is 0 Å². The van der Waals surface area contributed by atoms with Crippen LogP contribution in [-0.2, 0) is 0 Å². The fraction of sp³-hybridized carbons (Fsp3) is 0.643. The number of aliphatic hydroxyl groups is 1. The lowest BCUT2D eigenvalue weighted by Crippen LogP contribution is -2.39.